The number of aliphatic carboxylic acids is 1. The van der Waals surface area contributed by atoms with Crippen LogP contribution < -0.4 is 0 Å². The number of carbonyl (C=O) groups is 2. The van der Waals surface area contributed by atoms with Crippen LogP contribution in [0.15, 0.2) is 24.3 Å². The van der Waals surface area contributed by atoms with E-state index in [0.29, 0.717) is 23.1 Å². The number of hydrogen-bond donors (Lipinski definition) is 1. The molecule has 116 valence electrons. The first-order valence-corrected chi connectivity index (χ1v) is 8.30. The van der Waals surface area contributed by atoms with Crippen LogP contribution in [0.4, 0.5) is 0 Å². The first-order chi connectivity index (χ1) is 9.93. The van der Waals surface area contributed by atoms with Crippen LogP contribution in [0.1, 0.15) is 19.4 Å². The minimum absolute atomic E-state index is 0.0300. The van der Waals surface area contributed by atoms with E-state index >= 15 is 0 Å². The average Bonchev–Trinajstić information content (AvgIpc) is 2.44. The lowest BCUT2D eigenvalue weighted by molar-refractivity contribution is -0.142. The number of rotatable bonds is 8. The van der Waals surface area contributed by atoms with Crippen LogP contribution in [-0.4, -0.2) is 40.7 Å². The smallest absolute Gasteiger partial charge is 0.308 e. The fourth-order valence-corrected chi connectivity index (χ4v) is 2.88. The van der Waals surface area contributed by atoms with Crippen LogP contribution >= 0.6 is 23.4 Å². The van der Waals surface area contributed by atoms with Gasteiger partial charge in [-0.3, -0.25) is 9.59 Å². The maximum Gasteiger partial charge on any atom is 0.308 e. The molecule has 4 nitrogen and oxygen atoms in total. The molecule has 0 aromatic heterocycles. The summed E-state index contributed by atoms with van der Waals surface area (Å²) in [6.45, 7) is 4.24. The van der Waals surface area contributed by atoms with Crippen molar-refractivity contribution in [1.82, 2.24) is 4.90 Å². The van der Waals surface area contributed by atoms with E-state index in [1.54, 1.807) is 11.8 Å². The second kappa shape index (κ2) is 8.95. The summed E-state index contributed by atoms with van der Waals surface area (Å²) in [5.74, 6) is -0.414. The molecular weight excluding hydrogens is 310 g/mol. The SMILES string of the molecule is CCN(CC(C)C(=O)O)C(=O)CSCc1cccc(Cl)c1. The predicted octanol–water partition coefficient (Wildman–Crippen LogP) is 3.14. The monoisotopic (exact) mass is 329 g/mol. The fraction of sp³-hybridized carbons (Fsp3) is 0.467. The molecule has 1 unspecified atom stereocenters. The highest BCUT2D eigenvalue weighted by atomic mass is 35.5. The Labute approximate surface area is 134 Å². The largest absolute Gasteiger partial charge is 0.481 e. The Hall–Kier alpha value is -1.20. The summed E-state index contributed by atoms with van der Waals surface area (Å²) in [7, 11) is 0. The Morgan fingerprint density at radius 1 is 1.43 bits per heavy atom. The third kappa shape index (κ3) is 6.40. The Morgan fingerprint density at radius 3 is 2.71 bits per heavy atom. The fourth-order valence-electron chi connectivity index (χ4n) is 1.79. The molecule has 0 heterocycles. The van der Waals surface area contributed by atoms with Crippen LogP contribution in [-0.2, 0) is 15.3 Å². The van der Waals surface area contributed by atoms with Crippen molar-refractivity contribution in [2.24, 2.45) is 5.92 Å². The Bertz CT molecular complexity index is 496. The minimum Gasteiger partial charge on any atom is -0.481 e. The molecule has 21 heavy (non-hydrogen) atoms. The zero-order valence-corrected chi connectivity index (χ0v) is 13.8. The molecule has 6 heteroatoms. The van der Waals surface area contributed by atoms with Crippen molar-refractivity contribution in [2.75, 3.05) is 18.8 Å². The molecule has 1 rings (SSSR count). The molecule has 1 N–H and O–H groups in total. The van der Waals surface area contributed by atoms with Crippen molar-refractivity contribution in [3.63, 3.8) is 0 Å². The first-order valence-electron chi connectivity index (χ1n) is 6.76. The third-order valence-corrected chi connectivity index (χ3v) is 4.26. The van der Waals surface area contributed by atoms with Crippen LogP contribution in [0.3, 0.4) is 0 Å². The molecule has 1 aromatic carbocycles. The van der Waals surface area contributed by atoms with Crippen molar-refractivity contribution < 1.29 is 14.7 Å². The van der Waals surface area contributed by atoms with E-state index in [0.717, 1.165) is 5.56 Å². The molecule has 0 bridgehead atoms. The van der Waals surface area contributed by atoms with Gasteiger partial charge in [0.05, 0.1) is 11.7 Å². The van der Waals surface area contributed by atoms with Crippen LogP contribution in [0, 0.1) is 5.92 Å². The van der Waals surface area contributed by atoms with E-state index in [4.69, 9.17) is 16.7 Å². The molecule has 0 saturated carbocycles. The topological polar surface area (TPSA) is 57.6 Å². The van der Waals surface area contributed by atoms with Gasteiger partial charge in [0.25, 0.3) is 0 Å². The summed E-state index contributed by atoms with van der Waals surface area (Å²) in [5, 5.41) is 9.59. The van der Waals surface area contributed by atoms with Crippen LogP contribution in [0.5, 0.6) is 0 Å². The van der Waals surface area contributed by atoms with Gasteiger partial charge in [-0.05, 0) is 24.6 Å². The average molecular weight is 330 g/mol. The summed E-state index contributed by atoms with van der Waals surface area (Å²) in [5.41, 5.74) is 1.07. The van der Waals surface area contributed by atoms with Gasteiger partial charge in [0.2, 0.25) is 5.91 Å². The van der Waals surface area contributed by atoms with Crippen molar-refractivity contribution in [3.8, 4) is 0 Å². The highest BCUT2D eigenvalue weighted by Crippen LogP contribution is 2.17. The zero-order chi connectivity index (χ0) is 15.8. The molecule has 0 radical (unpaired) electrons. The van der Waals surface area contributed by atoms with Crippen molar-refractivity contribution in [3.05, 3.63) is 34.9 Å². The summed E-state index contributed by atoms with van der Waals surface area (Å²) in [4.78, 5) is 24.5. The van der Waals surface area contributed by atoms with Gasteiger partial charge >= 0.3 is 5.97 Å². The summed E-state index contributed by atoms with van der Waals surface area (Å²) in [6, 6.07) is 7.54. The maximum absolute atomic E-state index is 12.1. The molecule has 1 amide bonds. The van der Waals surface area contributed by atoms with Gasteiger partial charge in [-0.15, -0.1) is 11.8 Å². The molecule has 0 aliphatic carbocycles. The minimum atomic E-state index is -0.882. The van der Waals surface area contributed by atoms with Gasteiger partial charge in [-0.1, -0.05) is 30.7 Å². The summed E-state index contributed by atoms with van der Waals surface area (Å²) in [6.07, 6.45) is 0. The van der Waals surface area contributed by atoms with Crippen molar-refractivity contribution >= 4 is 35.2 Å². The van der Waals surface area contributed by atoms with E-state index in [-0.39, 0.29) is 12.5 Å². The molecule has 1 atom stereocenters. The number of carboxylic acid groups (broad SMARTS) is 1. The van der Waals surface area contributed by atoms with E-state index in [9.17, 15) is 9.59 Å². The predicted molar refractivity (Wildman–Crippen MR) is 86.7 cm³/mol. The molecule has 0 saturated heterocycles. The van der Waals surface area contributed by atoms with E-state index in [2.05, 4.69) is 0 Å². The van der Waals surface area contributed by atoms with Crippen molar-refractivity contribution in [1.29, 1.82) is 0 Å². The number of thioether (sulfide) groups is 1. The third-order valence-electron chi connectivity index (χ3n) is 3.03. The number of carbonyl (C=O) groups excluding carboxylic acids is 1. The molecule has 1 aromatic rings. The van der Waals surface area contributed by atoms with Gasteiger partial charge in [0.1, 0.15) is 0 Å². The highest BCUT2D eigenvalue weighted by Gasteiger charge is 2.19. The number of amides is 1. The standard InChI is InChI=1S/C15H20ClNO3S/c1-3-17(8-11(2)15(19)20)14(18)10-21-9-12-5-4-6-13(16)7-12/h4-7,11H,3,8-10H2,1-2H3,(H,19,20). The number of halogens is 1. The lowest BCUT2D eigenvalue weighted by Crippen LogP contribution is -2.37. The molecule has 0 aliphatic rings. The van der Waals surface area contributed by atoms with Gasteiger partial charge in [0, 0.05) is 23.9 Å². The van der Waals surface area contributed by atoms with Crippen LogP contribution in [0.25, 0.3) is 0 Å². The van der Waals surface area contributed by atoms with E-state index in [1.807, 2.05) is 31.2 Å². The quantitative estimate of drug-likeness (QED) is 0.796. The summed E-state index contributed by atoms with van der Waals surface area (Å²) >= 11 is 7.41. The molecule has 0 spiro atoms. The highest BCUT2D eigenvalue weighted by molar-refractivity contribution is 7.99. The number of nitrogens with zero attached hydrogens (tertiary/aromatic N) is 1. The zero-order valence-electron chi connectivity index (χ0n) is 12.2. The van der Waals surface area contributed by atoms with Crippen LogP contribution in [0.2, 0.25) is 5.02 Å². The maximum atomic E-state index is 12.1. The van der Waals surface area contributed by atoms with Gasteiger partial charge in [0.15, 0.2) is 0 Å². The summed E-state index contributed by atoms with van der Waals surface area (Å²) < 4.78 is 0. The lowest BCUT2D eigenvalue weighted by atomic mass is 10.2. The normalized spacial score (nSPS) is 12.0. The second-order valence-electron chi connectivity index (χ2n) is 4.79. The Balaban J connectivity index is 2.42. The second-order valence-corrected chi connectivity index (χ2v) is 6.22. The first kappa shape index (κ1) is 17.9. The number of hydrogen-bond acceptors (Lipinski definition) is 3. The molecular formula is C15H20ClNO3S. The number of carboxylic acids is 1. The lowest BCUT2D eigenvalue weighted by Gasteiger charge is -2.22. The van der Waals surface area contributed by atoms with Crippen molar-refractivity contribution in [2.45, 2.75) is 19.6 Å². The van der Waals surface area contributed by atoms with Gasteiger partial charge in [-0.25, -0.2) is 0 Å². The number of benzene rings is 1. The van der Waals surface area contributed by atoms with Gasteiger partial charge < -0.3 is 10.0 Å². The van der Waals surface area contributed by atoms with E-state index < -0.39 is 11.9 Å². The Morgan fingerprint density at radius 2 is 2.14 bits per heavy atom. The molecule has 0 fully saturated rings. The van der Waals surface area contributed by atoms with E-state index in [1.165, 1.54) is 11.8 Å². The van der Waals surface area contributed by atoms with Gasteiger partial charge in [-0.2, -0.15) is 0 Å². The molecule has 0 aliphatic heterocycles. The Kier molecular flexibility index (Phi) is 7.61.